The summed E-state index contributed by atoms with van der Waals surface area (Å²) in [5, 5.41) is 5.44. The molecule has 0 aromatic heterocycles. The molecule has 0 aliphatic heterocycles. The molecule has 0 spiro atoms. The van der Waals surface area contributed by atoms with Gasteiger partial charge < -0.3 is 20.3 Å². The zero-order valence-corrected chi connectivity index (χ0v) is 18.8. The average Bonchev–Trinajstić information content (AvgIpc) is 2.54. The standard InChI is InChI=1S/C22H35N3O4/c1-15(2)25(17(26)14-23-20(28)29-22(6,7)8)18(16-12-10-9-11-13-16)19(27)24-21(3,4)5/h9-13,15,18H,14H2,1-8H3,(H,23,28)(H,24,27). The molecule has 1 unspecified atom stereocenters. The van der Waals surface area contributed by atoms with Gasteiger partial charge in [-0.2, -0.15) is 0 Å². The summed E-state index contributed by atoms with van der Waals surface area (Å²) in [5.41, 5.74) is -0.414. The minimum absolute atomic E-state index is 0.265. The third-order valence-corrected chi connectivity index (χ3v) is 3.77. The summed E-state index contributed by atoms with van der Waals surface area (Å²) in [7, 11) is 0. The molecule has 0 aliphatic rings. The molecule has 1 rings (SSSR count). The van der Waals surface area contributed by atoms with Crippen molar-refractivity contribution in [3.8, 4) is 0 Å². The van der Waals surface area contributed by atoms with Crippen LogP contribution in [-0.2, 0) is 14.3 Å². The van der Waals surface area contributed by atoms with Gasteiger partial charge in [0.2, 0.25) is 11.8 Å². The van der Waals surface area contributed by atoms with Crippen molar-refractivity contribution in [3.63, 3.8) is 0 Å². The molecule has 0 aliphatic carbocycles. The minimum atomic E-state index is -0.816. The quantitative estimate of drug-likeness (QED) is 0.759. The van der Waals surface area contributed by atoms with Crippen LogP contribution in [0.25, 0.3) is 0 Å². The van der Waals surface area contributed by atoms with E-state index in [0.29, 0.717) is 5.56 Å². The van der Waals surface area contributed by atoms with Crippen molar-refractivity contribution in [2.45, 2.75) is 78.6 Å². The van der Waals surface area contributed by atoms with Crippen molar-refractivity contribution in [3.05, 3.63) is 35.9 Å². The summed E-state index contributed by atoms with van der Waals surface area (Å²) in [6.07, 6.45) is -0.676. The van der Waals surface area contributed by atoms with Gasteiger partial charge in [-0.15, -0.1) is 0 Å². The van der Waals surface area contributed by atoms with Crippen LogP contribution in [0.3, 0.4) is 0 Å². The van der Waals surface area contributed by atoms with Crippen molar-refractivity contribution < 1.29 is 19.1 Å². The van der Waals surface area contributed by atoms with Crippen molar-refractivity contribution in [2.75, 3.05) is 6.54 Å². The first kappa shape index (κ1) is 24.5. The zero-order valence-electron chi connectivity index (χ0n) is 18.8. The maximum absolute atomic E-state index is 13.1. The molecule has 0 saturated heterocycles. The second-order valence-electron chi connectivity index (χ2n) is 9.30. The molecule has 162 valence electrons. The molecular weight excluding hydrogens is 370 g/mol. The Morgan fingerprint density at radius 3 is 2.00 bits per heavy atom. The van der Waals surface area contributed by atoms with E-state index in [1.807, 2.05) is 65.0 Å². The van der Waals surface area contributed by atoms with Gasteiger partial charge in [-0.3, -0.25) is 9.59 Å². The van der Waals surface area contributed by atoms with Gasteiger partial charge in [0.15, 0.2) is 0 Å². The zero-order chi connectivity index (χ0) is 22.4. The fraction of sp³-hybridized carbons (Fsp3) is 0.591. The normalized spacial score (nSPS) is 12.9. The van der Waals surface area contributed by atoms with Crippen LogP contribution < -0.4 is 10.6 Å². The Balaban J connectivity index is 3.11. The highest BCUT2D eigenvalue weighted by atomic mass is 16.6. The van der Waals surface area contributed by atoms with Gasteiger partial charge in [-0.1, -0.05) is 30.3 Å². The number of hydrogen-bond donors (Lipinski definition) is 2. The summed E-state index contributed by atoms with van der Waals surface area (Å²) in [4.78, 5) is 39.6. The fourth-order valence-corrected chi connectivity index (χ4v) is 2.79. The Bertz CT molecular complexity index is 703. The number of nitrogens with one attached hydrogen (secondary N) is 2. The van der Waals surface area contributed by atoms with Crippen LogP contribution in [0.5, 0.6) is 0 Å². The Labute approximate surface area is 174 Å². The lowest BCUT2D eigenvalue weighted by Gasteiger charge is -2.36. The Morgan fingerprint density at radius 1 is 1.00 bits per heavy atom. The Kier molecular flexibility index (Phi) is 8.24. The van der Waals surface area contributed by atoms with E-state index in [9.17, 15) is 14.4 Å². The predicted molar refractivity (Wildman–Crippen MR) is 113 cm³/mol. The largest absolute Gasteiger partial charge is 0.444 e. The Hall–Kier alpha value is -2.57. The highest BCUT2D eigenvalue weighted by Crippen LogP contribution is 2.24. The van der Waals surface area contributed by atoms with Crippen LogP contribution in [-0.4, -0.2) is 46.5 Å². The molecule has 0 fully saturated rings. The number of amides is 3. The average molecular weight is 406 g/mol. The lowest BCUT2D eigenvalue weighted by atomic mass is 10.0. The van der Waals surface area contributed by atoms with Crippen LogP contribution in [0.15, 0.2) is 30.3 Å². The smallest absolute Gasteiger partial charge is 0.408 e. The molecule has 1 aromatic carbocycles. The molecule has 7 heteroatoms. The molecule has 29 heavy (non-hydrogen) atoms. The third kappa shape index (κ3) is 8.54. The van der Waals surface area contributed by atoms with Crippen molar-refractivity contribution in [1.29, 1.82) is 0 Å². The van der Waals surface area contributed by atoms with E-state index in [1.165, 1.54) is 4.90 Å². The van der Waals surface area contributed by atoms with Crippen LogP contribution in [0.4, 0.5) is 4.79 Å². The number of rotatable bonds is 6. The predicted octanol–water partition coefficient (Wildman–Crippen LogP) is 3.40. The molecule has 0 bridgehead atoms. The van der Waals surface area contributed by atoms with Crippen LogP contribution >= 0.6 is 0 Å². The topological polar surface area (TPSA) is 87.7 Å². The first-order valence-corrected chi connectivity index (χ1v) is 9.86. The highest BCUT2D eigenvalue weighted by Gasteiger charge is 2.34. The van der Waals surface area contributed by atoms with E-state index in [-0.39, 0.29) is 24.4 Å². The maximum Gasteiger partial charge on any atom is 0.408 e. The maximum atomic E-state index is 13.1. The number of benzene rings is 1. The number of alkyl carbamates (subject to hydrolysis) is 1. The SMILES string of the molecule is CC(C)N(C(=O)CNC(=O)OC(C)(C)C)C(C(=O)NC(C)(C)C)c1ccccc1. The molecule has 0 saturated carbocycles. The number of carbonyl (C=O) groups is 3. The second kappa shape index (κ2) is 9.76. The van der Waals surface area contributed by atoms with Gasteiger partial charge in [0.05, 0.1) is 0 Å². The van der Waals surface area contributed by atoms with Gasteiger partial charge in [-0.05, 0) is 61.0 Å². The molecule has 1 aromatic rings. The van der Waals surface area contributed by atoms with Crippen LogP contribution in [0.1, 0.15) is 67.0 Å². The first-order valence-electron chi connectivity index (χ1n) is 9.86. The molecule has 0 radical (unpaired) electrons. The van der Waals surface area contributed by atoms with Crippen molar-refractivity contribution in [1.82, 2.24) is 15.5 Å². The number of carbonyl (C=O) groups excluding carboxylic acids is 3. The van der Waals surface area contributed by atoms with E-state index >= 15 is 0 Å². The van der Waals surface area contributed by atoms with Gasteiger partial charge >= 0.3 is 6.09 Å². The number of hydrogen-bond acceptors (Lipinski definition) is 4. The van der Waals surface area contributed by atoms with E-state index in [1.54, 1.807) is 20.8 Å². The fourth-order valence-electron chi connectivity index (χ4n) is 2.79. The second-order valence-corrected chi connectivity index (χ2v) is 9.30. The van der Waals surface area contributed by atoms with Gasteiger partial charge in [-0.25, -0.2) is 4.79 Å². The third-order valence-electron chi connectivity index (χ3n) is 3.77. The number of ether oxygens (including phenoxy) is 1. The first-order chi connectivity index (χ1) is 13.2. The number of nitrogens with zero attached hydrogens (tertiary/aromatic N) is 1. The van der Waals surface area contributed by atoms with Crippen molar-refractivity contribution >= 4 is 17.9 Å². The molecule has 7 nitrogen and oxygen atoms in total. The van der Waals surface area contributed by atoms with Crippen LogP contribution in [0.2, 0.25) is 0 Å². The van der Waals surface area contributed by atoms with E-state index < -0.39 is 23.3 Å². The molecule has 0 heterocycles. The van der Waals surface area contributed by atoms with Gasteiger partial charge in [0, 0.05) is 11.6 Å². The summed E-state index contributed by atoms with van der Waals surface area (Å²) in [6.45, 7) is 14.3. The van der Waals surface area contributed by atoms with Gasteiger partial charge in [0.1, 0.15) is 18.2 Å². The summed E-state index contributed by atoms with van der Waals surface area (Å²) < 4.78 is 5.19. The van der Waals surface area contributed by atoms with Gasteiger partial charge in [0.25, 0.3) is 0 Å². The lowest BCUT2D eigenvalue weighted by molar-refractivity contribution is -0.142. The monoisotopic (exact) mass is 405 g/mol. The summed E-state index contributed by atoms with van der Waals surface area (Å²) >= 11 is 0. The van der Waals surface area contributed by atoms with E-state index in [4.69, 9.17) is 4.74 Å². The summed E-state index contributed by atoms with van der Waals surface area (Å²) in [5.74, 6) is -0.646. The molecule has 1 atom stereocenters. The highest BCUT2D eigenvalue weighted by molar-refractivity contribution is 5.90. The summed E-state index contributed by atoms with van der Waals surface area (Å²) in [6, 6.07) is 8.06. The molecular formula is C22H35N3O4. The van der Waals surface area contributed by atoms with E-state index in [2.05, 4.69) is 10.6 Å². The lowest BCUT2D eigenvalue weighted by Crippen LogP contribution is -2.53. The van der Waals surface area contributed by atoms with Crippen molar-refractivity contribution in [2.24, 2.45) is 0 Å². The molecule has 3 amide bonds. The molecule has 2 N–H and O–H groups in total. The minimum Gasteiger partial charge on any atom is -0.444 e. The Morgan fingerprint density at radius 2 is 1.55 bits per heavy atom. The van der Waals surface area contributed by atoms with Crippen LogP contribution in [0, 0.1) is 0 Å². The van der Waals surface area contributed by atoms with E-state index in [0.717, 1.165) is 0 Å².